The third-order valence-corrected chi connectivity index (χ3v) is 4.46. The van der Waals surface area contributed by atoms with Crippen molar-refractivity contribution in [2.45, 2.75) is 38.6 Å². The molecule has 0 saturated heterocycles. The van der Waals surface area contributed by atoms with Crippen LogP contribution in [-0.2, 0) is 11.2 Å². The number of nitrogens with one attached hydrogen (secondary N) is 1. The van der Waals surface area contributed by atoms with E-state index in [0.29, 0.717) is 11.8 Å². The zero-order valence-corrected chi connectivity index (χ0v) is 13.6. The molecule has 3 heteroatoms. The van der Waals surface area contributed by atoms with Crippen LogP contribution in [0.25, 0.3) is 0 Å². The first kappa shape index (κ1) is 16.3. The highest BCUT2D eigenvalue weighted by Gasteiger charge is 2.24. The van der Waals surface area contributed by atoms with Crippen molar-refractivity contribution in [3.05, 3.63) is 29.8 Å². The Balaban J connectivity index is 1.94. The lowest BCUT2D eigenvalue weighted by Gasteiger charge is -2.25. The van der Waals surface area contributed by atoms with Crippen molar-refractivity contribution >= 4 is 0 Å². The Morgan fingerprint density at radius 1 is 1.29 bits per heavy atom. The number of benzene rings is 1. The van der Waals surface area contributed by atoms with Crippen molar-refractivity contribution in [2.24, 2.45) is 11.8 Å². The summed E-state index contributed by atoms with van der Waals surface area (Å²) in [6.45, 7) is 4.30. The van der Waals surface area contributed by atoms with Crippen LogP contribution < -0.4 is 10.1 Å². The smallest absolute Gasteiger partial charge is 0.119 e. The summed E-state index contributed by atoms with van der Waals surface area (Å²) in [6.07, 6.45) is 4.91. The fourth-order valence-corrected chi connectivity index (χ4v) is 2.72. The summed E-state index contributed by atoms with van der Waals surface area (Å²) in [4.78, 5) is 0. The van der Waals surface area contributed by atoms with Gasteiger partial charge in [-0.15, -0.1) is 0 Å². The molecule has 21 heavy (non-hydrogen) atoms. The fraction of sp³-hybridized carbons (Fsp3) is 0.667. The topological polar surface area (TPSA) is 30.5 Å². The van der Waals surface area contributed by atoms with Gasteiger partial charge < -0.3 is 14.8 Å². The number of hydrogen-bond acceptors (Lipinski definition) is 3. The van der Waals surface area contributed by atoms with Gasteiger partial charge in [-0.05, 0) is 61.8 Å². The van der Waals surface area contributed by atoms with E-state index in [1.165, 1.54) is 18.4 Å². The Morgan fingerprint density at radius 2 is 2.10 bits per heavy atom. The van der Waals surface area contributed by atoms with Gasteiger partial charge in [-0.3, -0.25) is 0 Å². The lowest BCUT2D eigenvalue weighted by Crippen LogP contribution is -2.30. The monoisotopic (exact) mass is 291 g/mol. The van der Waals surface area contributed by atoms with Gasteiger partial charge >= 0.3 is 0 Å². The average Bonchev–Trinajstić information content (AvgIpc) is 3.33. The number of methoxy groups -OCH3 is 2. The van der Waals surface area contributed by atoms with Gasteiger partial charge in [-0.1, -0.05) is 19.1 Å². The van der Waals surface area contributed by atoms with Crippen molar-refractivity contribution in [1.82, 2.24) is 5.32 Å². The zero-order valence-electron chi connectivity index (χ0n) is 13.6. The summed E-state index contributed by atoms with van der Waals surface area (Å²) in [5, 5.41) is 3.69. The largest absolute Gasteiger partial charge is 0.497 e. The van der Waals surface area contributed by atoms with E-state index in [1.807, 2.05) is 6.07 Å². The number of rotatable bonds is 10. The first-order chi connectivity index (χ1) is 10.2. The first-order valence-electron chi connectivity index (χ1n) is 8.08. The van der Waals surface area contributed by atoms with Crippen LogP contribution in [0.3, 0.4) is 0 Å². The molecule has 0 aromatic heterocycles. The van der Waals surface area contributed by atoms with Gasteiger partial charge in [-0.2, -0.15) is 0 Å². The SMILES string of the molecule is COCCC(C)C(CNC1CC1)Cc1cccc(OC)c1. The van der Waals surface area contributed by atoms with E-state index in [9.17, 15) is 0 Å². The van der Waals surface area contributed by atoms with E-state index in [2.05, 4.69) is 30.4 Å². The lowest BCUT2D eigenvalue weighted by molar-refractivity contribution is 0.163. The predicted octanol–water partition coefficient (Wildman–Crippen LogP) is 3.28. The molecular formula is C18H29NO2. The summed E-state index contributed by atoms with van der Waals surface area (Å²) >= 11 is 0. The van der Waals surface area contributed by atoms with Crippen LogP contribution >= 0.6 is 0 Å². The van der Waals surface area contributed by atoms with Crippen LogP contribution in [0.1, 0.15) is 31.7 Å². The van der Waals surface area contributed by atoms with Crippen molar-refractivity contribution in [1.29, 1.82) is 0 Å². The minimum atomic E-state index is 0.646. The standard InChI is InChI=1S/C18H29NO2/c1-14(9-10-20-2)16(13-19-17-7-8-17)11-15-5-4-6-18(12-15)21-3/h4-6,12,14,16-17,19H,7-11,13H2,1-3H3. The molecule has 1 N–H and O–H groups in total. The molecule has 1 aliphatic carbocycles. The Hall–Kier alpha value is -1.06. The van der Waals surface area contributed by atoms with Gasteiger partial charge in [0.2, 0.25) is 0 Å². The second kappa shape index (κ2) is 8.40. The molecule has 1 aromatic carbocycles. The second-order valence-corrected chi connectivity index (χ2v) is 6.26. The number of ether oxygens (including phenoxy) is 2. The van der Waals surface area contributed by atoms with E-state index < -0.39 is 0 Å². The maximum Gasteiger partial charge on any atom is 0.119 e. The van der Waals surface area contributed by atoms with Crippen LogP contribution in [0, 0.1) is 11.8 Å². The molecule has 2 atom stereocenters. The third-order valence-electron chi connectivity index (χ3n) is 4.46. The van der Waals surface area contributed by atoms with E-state index >= 15 is 0 Å². The molecule has 2 unspecified atom stereocenters. The molecule has 1 aromatic rings. The molecular weight excluding hydrogens is 262 g/mol. The van der Waals surface area contributed by atoms with Gasteiger partial charge in [-0.25, -0.2) is 0 Å². The number of hydrogen-bond donors (Lipinski definition) is 1. The molecule has 0 aliphatic heterocycles. The Kier molecular flexibility index (Phi) is 6.52. The maximum absolute atomic E-state index is 5.33. The molecule has 3 nitrogen and oxygen atoms in total. The van der Waals surface area contributed by atoms with Gasteiger partial charge in [0, 0.05) is 19.8 Å². The van der Waals surface area contributed by atoms with E-state index in [-0.39, 0.29) is 0 Å². The van der Waals surface area contributed by atoms with Gasteiger partial charge in [0.25, 0.3) is 0 Å². The molecule has 1 aliphatic rings. The summed E-state index contributed by atoms with van der Waals surface area (Å²) in [7, 11) is 3.51. The Labute approximate surface area is 129 Å². The molecule has 0 heterocycles. The zero-order chi connectivity index (χ0) is 15.1. The highest BCUT2D eigenvalue weighted by molar-refractivity contribution is 5.28. The quantitative estimate of drug-likeness (QED) is 0.717. The van der Waals surface area contributed by atoms with Crippen molar-refractivity contribution in [3.8, 4) is 5.75 Å². The van der Waals surface area contributed by atoms with Gasteiger partial charge in [0.1, 0.15) is 5.75 Å². The van der Waals surface area contributed by atoms with Crippen molar-refractivity contribution in [2.75, 3.05) is 27.4 Å². The molecule has 118 valence electrons. The highest BCUT2D eigenvalue weighted by Crippen LogP contribution is 2.25. The van der Waals surface area contributed by atoms with Crippen LogP contribution in [0.15, 0.2) is 24.3 Å². The van der Waals surface area contributed by atoms with Crippen molar-refractivity contribution in [3.63, 3.8) is 0 Å². The molecule has 1 saturated carbocycles. The summed E-state index contributed by atoms with van der Waals surface area (Å²) in [5.41, 5.74) is 1.36. The Morgan fingerprint density at radius 3 is 2.76 bits per heavy atom. The minimum Gasteiger partial charge on any atom is -0.497 e. The Bertz CT molecular complexity index is 417. The summed E-state index contributed by atoms with van der Waals surface area (Å²) in [5.74, 6) is 2.25. The molecule has 2 rings (SSSR count). The maximum atomic E-state index is 5.33. The second-order valence-electron chi connectivity index (χ2n) is 6.26. The molecule has 0 spiro atoms. The van der Waals surface area contributed by atoms with Crippen LogP contribution in [0.2, 0.25) is 0 Å². The summed E-state index contributed by atoms with van der Waals surface area (Å²) in [6, 6.07) is 9.23. The minimum absolute atomic E-state index is 0.646. The third kappa shape index (κ3) is 5.68. The van der Waals surface area contributed by atoms with Crippen LogP contribution in [0.4, 0.5) is 0 Å². The predicted molar refractivity (Wildman–Crippen MR) is 86.9 cm³/mol. The van der Waals surface area contributed by atoms with E-state index in [1.54, 1.807) is 14.2 Å². The fourth-order valence-electron chi connectivity index (χ4n) is 2.72. The van der Waals surface area contributed by atoms with E-state index in [0.717, 1.165) is 37.8 Å². The highest BCUT2D eigenvalue weighted by atomic mass is 16.5. The molecule has 0 amide bonds. The lowest BCUT2D eigenvalue weighted by atomic mass is 9.86. The van der Waals surface area contributed by atoms with Gasteiger partial charge in [0.05, 0.1) is 7.11 Å². The van der Waals surface area contributed by atoms with Crippen molar-refractivity contribution < 1.29 is 9.47 Å². The molecule has 0 bridgehead atoms. The van der Waals surface area contributed by atoms with Crippen LogP contribution in [0.5, 0.6) is 5.75 Å². The van der Waals surface area contributed by atoms with Crippen LogP contribution in [-0.4, -0.2) is 33.4 Å². The normalized spacial score (nSPS) is 17.5. The molecule has 1 fully saturated rings. The van der Waals surface area contributed by atoms with Gasteiger partial charge in [0.15, 0.2) is 0 Å². The average molecular weight is 291 g/mol. The molecule has 0 radical (unpaired) electrons. The van der Waals surface area contributed by atoms with E-state index in [4.69, 9.17) is 9.47 Å². The summed E-state index contributed by atoms with van der Waals surface area (Å²) < 4.78 is 10.6. The first-order valence-corrected chi connectivity index (χ1v) is 8.08.